The van der Waals surface area contributed by atoms with Crippen molar-refractivity contribution in [3.8, 4) is 0 Å². The molecule has 0 fully saturated rings. The molecule has 2 aromatic rings. The lowest BCUT2D eigenvalue weighted by Crippen LogP contribution is -1.91. The maximum Gasteiger partial charge on any atom is 0.151 e. The number of rotatable bonds is 2. The Morgan fingerprint density at radius 1 is 1.40 bits per heavy atom. The Morgan fingerprint density at radius 3 is 2.73 bits per heavy atom. The molecule has 0 radical (unpaired) electrons. The SMILES string of the molecule is Cc1cc(C=O)cn2cc(C(C)C)nc12. The van der Waals surface area contributed by atoms with Gasteiger partial charge in [-0.25, -0.2) is 4.98 Å². The van der Waals surface area contributed by atoms with Crippen molar-refractivity contribution in [1.29, 1.82) is 0 Å². The molecule has 15 heavy (non-hydrogen) atoms. The van der Waals surface area contributed by atoms with Gasteiger partial charge in [0.1, 0.15) is 5.65 Å². The normalized spacial score (nSPS) is 11.2. The summed E-state index contributed by atoms with van der Waals surface area (Å²) in [6, 6.07) is 1.86. The van der Waals surface area contributed by atoms with Gasteiger partial charge in [0.2, 0.25) is 0 Å². The van der Waals surface area contributed by atoms with Gasteiger partial charge in [0.05, 0.1) is 5.69 Å². The van der Waals surface area contributed by atoms with Gasteiger partial charge in [0.25, 0.3) is 0 Å². The number of hydrogen-bond donors (Lipinski definition) is 0. The third-order valence-electron chi connectivity index (χ3n) is 2.50. The Balaban J connectivity index is 2.69. The minimum atomic E-state index is 0.406. The molecule has 0 spiro atoms. The van der Waals surface area contributed by atoms with Crippen molar-refractivity contribution in [3.63, 3.8) is 0 Å². The number of carbonyl (C=O) groups excluding carboxylic acids is 1. The molecule has 0 aliphatic rings. The van der Waals surface area contributed by atoms with Crippen LogP contribution < -0.4 is 0 Å². The highest BCUT2D eigenvalue weighted by atomic mass is 16.1. The summed E-state index contributed by atoms with van der Waals surface area (Å²) < 4.78 is 1.92. The molecule has 0 aromatic carbocycles. The Morgan fingerprint density at radius 2 is 2.13 bits per heavy atom. The van der Waals surface area contributed by atoms with Crippen LogP contribution in [0.25, 0.3) is 5.65 Å². The molecule has 0 bridgehead atoms. The average Bonchev–Trinajstić information content (AvgIpc) is 2.61. The lowest BCUT2D eigenvalue weighted by Gasteiger charge is -1.98. The first-order valence-corrected chi connectivity index (χ1v) is 5.06. The van der Waals surface area contributed by atoms with E-state index in [2.05, 4.69) is 18.8 Å². The lowest BCUT2D eigenvalue weighted by molar-refractivity contribution is 0.112. The van der Waals surface area contributed by atoms with E-state index in [4.69, 9.17) is 0 Å². The van der Waals surface area contributed by atoms with E-state index in [1.54, 1.807) is 0 Å². The summed E-state index contributed by atoms with van der Waals surface area (Å²) in [5, 5.41) is 0. The number of aldehydes is 1. The molecule has 0 saturated carbocycles. The van der Waals surface area contributed by atoms with E-state index in [1.165, 1.54) is 0 Å². The van der Waals surface area contributed by atoms with Crippen LogP contribution in [0.2, 0.25) is 0 Å². The summed E-state index contributed by atoms with van der Waals surface area (Å²) in [5.74, 6) is 0.406. The Labute approximate surface area is 88.8 Å². The van der Waals surface area contributed by atoms with Crippen molar-refractivity contribution in [3.05, 3.63) is 35.3 Å². The Kier molecular flexibility index (Phi) is 2.31. The Hall–Kier alpha value is -1.64. The van der Waals surface area contributed by atoms with Gasteiger partial charge in [0, 0.05) is 18.0 Å². The van der Waals surface area contributed by atoms with Gasteiger partial charge in [-0.2, -0.15) is 0 Å². The predicted octanol–water partition coefficient (Wildman–Crippen LogP) is 2.58. The van der Waals surface area contributed by atoms with Crippen LogP contribution >= 0.6 is 0 Å². The number of nitrogens with zero attached hydrogens (tertiary/aromatic N) is 2. The van der Waals surface area contributed by atoms with Gasteiger partial charge in [-0.3, -0.25) is 4.79 Å². The minimum absolute atomic E-state index is 0.406. The number of carbonyl (C=O) groups is 1. The highest BCUT2D eigenvalue weighted by Crippen LogP contribution is 2.17. The van der Waals surface area contributed by atoms with Crippen LogP contribution in [-0.2, 0) is 0 Å². The molecule has 78 valence electrons. The molecule has 3 nitrogen and oxygen atoms in total. The van der Waals surface area contributed by atoms with Crippen LogP contribution in [0.1, 0.15) is 41.4 Å². The summed E-state index contributed by atoms with van der Waals surface area (Å²) in [6.45, 7) is 6.19. The highest BCUT2D eigenvalue weighted by molar-refractivity contribution is 5.76. The second-order valence-corrected chi connectivity index (χ2v) is 4.13. The zero-order valence-electron chi connectivity index (χ0n) is 9.19. The standard InChI is InChI=1S/C12H14N2O/c1-8(2)11-6-14-5-10(7-15)4-9(3)12(14)13-11/h4-8H,1-3H3. The first-order chi connectivity index (χ1) is 7.11. The maximum absolute atomic E-state index is 10.7. The fraction of sp³-hybridized carbons (Fsp3) is 0.333. The Bertz CT molecular complexity index is 512. The van der Waals surface area contributed by atoms with E-state index >= 15 is 0 Å². The first kappa shape index (κ1) is 9.90. The molecule has 0 N–H and O–H groups in total. The van der Waals surface area contributed by atoms with Crippen molar-refractivity contribution < 1.29 is 4.79 Å². The molecule has 0 atom stereocenters. The molecule has 3 heteroatoms. The summed E-state index contributed by atoms with van der Waals surface area (Å²) >= 11 is 0. The molecule has 2 heterocycles. The van der Waals surface area contributed by atoms with Crippen molar-refractivity contribution in [1.82, 2.24) is 9.38 Å². The number of pyridine rings is 1. The topological polar surface area (TPSA) is 34.4 Å². The van der Waals surface area contributed by atoms with Gasteiger partial charge in [0.15, 0.2) is 6.29 Å². The number of hydrogen-bond acceptors (Lipinski definition) is 2. The van der Waals surface area contributed by atoms with Crippen LogP contribution in [0.3, 0.4) is 0 Å². The second kappa shape index (κ2) is 3.50. The molecular formula is C12H14N2O. The fourth-order valence-corrected chi connectivity index (χ4v) is 1.66. The number of aromatic nitrogens is 2. The molecular weight excluding hydrogens is 188 g/mol. The van der Waals surface area contributed by atoms with Gasteiger partial charge >= 0.3 is 0 Å². The summed E-state index contributed by atoms with van der Waals surface area (Å²) in [5.41, 5.74) is 3.71. The van der Waals surface area contributed by atoms with Crippen molar-refractivity contribution >= 4 is 11.9 Å². The maximum atomic E-state index is 10.7. The molecule has 0 amide bonds. The molecule has 0 saturated heterocycles. The third-order valence-corrected chi connectivity index (χ3v) is 2.50. The highest BCUT2D eigenvalue weighted by Gasteiger charge is 2.07. The van der Waals surface area contributed by atoms with Crippen LogP contribution in [-0.4, -0.2) is 15.7 Å². The van der Waals surface area contributed by atoms with E-state index in [1.807, 2.05) is 29.8 Å². The van der Waals surface area contributed by atoms with Gasteiger partial charge < -0.3 is 4.40 Å². The molecule has 0 unspecified atom stereocenters. The van der Waals surface area contributed by atoms with E-state index in [0.717, 1.165) is 23.2 Å². The number of aryl methyl sites for hydroxylation is 1. The molecule has 2 rings (SSSR count). The van der Waals surface area contributed by atoms with Crippen LogP contribution in [0.15, 0.2) is 18.5 Å². The van der Waals surface area contributed by atoms with Crippen molar-refractivity contribution in [2.75, 3.05) is 0 Å². The van der Waals surface area contributed by atoms with E-state index in [0.29, 0.717) is 11.5 Å². The zero-order chi connectivity index (χ0) is 11.0. The summed E-state index contributed by atoms with van der Waals surface area (Å²) in [4.78, 5) is 15.2. The summed E-state index contributed by atoms with van der Waals surface area (Å²) in [7, 11) is 0. The van der Waals surface area contributed by atoms with Crippen LogP contribution in [0.4, 0.5) is 0 Å². The van der Waals surface area contributed by atoms with Crippen LogP contribution in [0.5, 0.6) is 0 Å². The van der Waals surface area contributed by atoms with Gasteiger partial charge in [-0.15, -0.1) is 0 Å². The second-order valence-electron chi connectivity index (χ2n) is 4.13. The smallest absolute Gasteiger partial charge is 0.151 e. The van der Waals surface area contributed by atoms with Gasteiger partial charge in [-0.05, 0) is 24.5 Å². The lowest BCUT2D eigenvalue weighted by atomic mass is 10.2. The van der Waals surface area contributed by atoms with Crippen molar-refractivity contribution in [2.45, 2.75) is 26.7 Å². The molecule has 0 aliphatic heterocycles. The monoisotopic (exact) mass is 202 g/mol. The van der Waals surface area contributed by atoms with E-state index in [9.17, 15) is 4.79 Å². The fourth-order valence-electron chi connectivity index (χ4n) is 1.66. The largest absolute Gasteiger partial charge is 0.306 e. The average molecular weight is 202 g/mol. The number of imidazole rings is 1. The molecule has 2 aromatic heterocycles. The summed E-state index contributed by atoms with van der Waals surface area (Å²) in [6.07, 6.45) is 4.66. The quantitative estimate of drug-likeness (QED) is 0.701. The minimum Gasteiger partial charge on any atom is -0.306 e. The van der Waals surface area contributed by atoms with Crippen LogP contribution in [0, 0.1) is 6.92 Å². The van der Waals surface area contributed by atoms with Gasteiger partial charge in [-0.1, -0.05) is 13.8 Å². The van der Waals surface area contributed by atoms with Crippen molar-refractivity contribution in [2.24, 2.45) is 0 Å². The zero-order valence-corrected chi connectivity index (χ0v) is 9.19. The third kappa shape index (κ3) is 1.65. The first-order valence-electron chi connectivity index (χ1n) is 5.06. The van der Waals surface area contributed by atoms with E-state index in [-0.39, 0.29) is 0 Å². The number of fused-ring (bicyclic) bond motifs is 1. The predicted molar refractivity (Wildman–Crippen MR) is 59.4 cm³/mol. The molecule has 0 aliphatic carbocycles. The van der Waals surface area contributed by atoms with E-state index < -0.39 is 0 Å².